The lowest BCUT2D eigenvalue weighted by Crippen LogP contribution is -2.60. The highest BCUT2D eigenvalue weighted by atomic mass is 32.1. The Morgan fingerprint density at radius 2 is 1.64 bits per heavy atom. The number of fused-ring (bicyclic) bond motifs is 2. The summed E-state index contributed by atoms with van der Waals surface area (Å²) in [6, 6.07) is 19.6. The Morgan fingerprint density at radius 1 is 0.960 bits per heavy atom. The molecule has 260 valence electrons. The Morgan fingerprint density at radius 3 is 2.32 bits per heavy atom. The van der Waals surface area contributed by atoms with Gasteiger partial charge in [0.25, 0.3) is 5.91 Å². The van der Waals surface area contributed by atoms with Gasteiger partial charge in [-0.25, -0.2) is 4.98 Å². The number of carbonyl (C=O) groups is 3. The smallest absolute Gasteiger partial charge is 0.339 e. The van der Waals surface area contributed by atoms with Crippen molar-refractivity contribution in [3.8, 4) is 10.4 Å². The van der Waals surface area contributed by atoms with E-state index in [4.69, 9.17) is 9.79 Å². The quantitative estimate of drug-likeness (QED) is 0.126. The van der Waals surface area contributed by atoms with Crippen LogP contribution in [0, 0.1) is 5.41 Å². The summed E-state index contributed by atoms with van der Waals surface area (Å²) in [5.41, 5.74) is -3.36. The first-order valence-electron chi connectivity index (χ1n) is 15.5. The SMILES string of the molecule is CC(C)(C)[C@H](NC(=O)c1cc2cc(C(F)(F)P(=O)(O)O)ccc2s1)C(=O)N1Cc2ccccc2C[C@H]1C(=O)Nc1ncc(-c2ccccc2)s1. The van der Waals surface area contributed by atoms with Gasteiger partial charge < -0.3 is 25.3 Å². The number of halogens is 2. The van der Waals surface area contributed by atoms with Gasteiger partial charge in [0.2, 0.25) is 11.8 Å². The Hall–Kier alpha value is -4.33. The lowest BCUT2D eigenvalue weighted by molar-refractivity contribution is -0.143. The Bertz CT molecular complexity index is 2140. The number of nitrogens with zero attached hydrogens (tertiary/aromatic N) is 2. The average molecular weight is 739 g/mol. The zero-order valence-electron chi connectivity index (χ0n) is 27.1. The molecule has 0 saturated heterocycles. The minimum Gasteiger partial charge on any atom is -0.339 e. The number of thiophene rings is 1. The van der Waals surface area contributed by atoms with E-state index in [2.05, 4.69) is 15.6 Å². The summed E-state index contributed by atoms with van der Waals surface area (Å²) in [5.74, 6) is -1.54. The van der Waals surface area contributed by atoms with Crippen LogP contribution in [0.5, 0.6) is 0 Å². The van der Waals surface area contributed by atoms with E-state index >= 15 is 0 Å². The van der Waals surface area contributed by atoms with E-state index in [1.54, 1.807) is 27.0 Å². The molecule has 10 nitrogen and oxygen atoms in total. The monoisotopic (exact) mass is 738 g/mol. The lowest BCUT2D eigenvalue weighted by Gasteiger charge is -2.40. The van der Waals surface area contributed by atoms with E-state index in [-0.39, 0.29) is 23.2 Å². The molecule has 0 bridgehead atoms. The van der Waals surface area contributed by atoms with Crippen LogP contribution in [-0.4, -0.2) is 49.5 Å². The highest BCUT2D eigenvalue weighted by molar-refractivity contribution is 7.52. The maximum absolute atomic E-state index is 14.5. The first kappa shape index (κ1) is 35.5. The number of nitrogens with one attached hydrogen (secondary N) is 2. The summed E-state index contributed by atoms with van der Waals surface area (Å²) in [6.45, 7) is 5.47. The van der Waals surface area contributed by atoms with E-state index in [0.29, 0.717) is 9.83 Å². The summed E-state index contributed by atoms with van der Waals surface area (Å²) in [4.78, 5) is 67.1. The van der Waals surface area contributed by atoms with Crippen LogP contribution in [0.25, 0.3) is 20.5 Å². The molecule has 1 aliphatic heterocycles. The van der Waals surface area contributed by atoms with Crippen LogP contribution in [0.2, 0.25) is 0 Å². The lowest BCUT2D eigenvalue weighted by atomic mass is 9.84. The first-order valence-corrected chi connectivity index (χ1v) is 18.8. The molecule has 0 spiro atoms. The zero-order chi connectivity index (χ0) is 36.0. The van der Waals surface area contributed by atoms with Crippen molar-refractivity contribution in [1.82, 2.24) is 15.2 Å². The summed E-state index contributed by atoms with van der Waals surface area (Å²) < 4.78 is 40.6. The van der Waals surface area contributed by atoms with Crippen molar-refractivity contribution in [1.29, 1.82) is 0 Å². The van der Waals surface area contributed by atoms with Crippen LogP contribution >= 0.6 is 30.3 Å². The highest BCUT2D eigenvalue weighted by Crippen LogP contribution is 2.59. The third-order valence-corrected chi connectivity index (χ3v) is 11.5. The zero-order valence-corrected chi connectivity index (χ0v) is 29.6. The molecule has 0 fully saturated rings. The van der Waals surface area contributed by atoms with Crippen molar-refractivity contribution in [3.05, 3.63) is 107 Å². The van der Waals surface area contributed by atoms with Crippen molar-refractivity contribution in [2.75, 3.05) is 5.32 Å². The number of hydrogen-bond acceptors (Lipinski definition) is 7. The van der Waals surface area contributed by atoms with E-state index in [9.17, 15) is 27.7 Å². The Labute approximate surface area is 294 Å². The topological polar surface area (TPSA) is 149 Å². The number of alkyl halides is 2. The minimum absolute atomic E-state index is 0.106. The molecule has 50 heavy (non-hydrogen) atoms. The number of aromatic nitrogens is 1. The minimum atomic E-state index is -5.79. The molecule has 4 N–H and O–H groups in total. The summed E-state index contributed by atoms with van der Waals surface area (Å²) in [6.07, 6.45) is 1.92. The molecule has 0 aliphatic carbocycles. The third-order valence-electron chi connectivity index (χ3n) is 8.47. The largest absolute Gasteiger partial charge is 0.399 e. The van der Waals surface area contributed by atoms with Crippen LogP contribution in [0.4, 0.5) is 13.9 Å². The van der Waals surface area contributed by atoms with Gasteiger partial charge in [0.1, 0.15) is 12.1 Å². The van der Waals surface area contributed by atoms with Crippen LogP contribution in [-0.2, 0) is 32.8 Å². The molecule has 3 amide bonds. The van der Waals surface area contributed by atoms with Gasteiger partial charge in [-0.15, -0.1) is 11.3 Å². The molecule has 15 heteroatoms. The number of rotatable bonds is 8. The van der Waals surface area contributed by atoms with Gasteiger partial charge in [-0.2, -0.15) is 8.78 Å². The third kappa shape index (κ3) is 7.12. The number of thiazole rings is 1. The van der Waals surface area contributed by atoms with Gasteiger partial charge in [0.05, 0.1) is 9.75 Å². The number of amides is 3. The molecular formula is C35H33F2N4O6PS2. The fraction of sp³-hybridized carbons (Fsp3) is 0.257. The molecule has 0 radical (unpaired) electrons. The fourth-order valence-electron chi connectivity index (χ4n) is 5.77. The number of hydrogen-bond donors (Lipinski definition) is 4. The van der Waals surface area contributed by atoms with Crippen molar-refractivity contribution >= 4 is 63.2 Å². The van der Waals surface area contributed by atoms with E-state index in [1.165, 1.54) is 28.4 Å². The predicted molar refractivity (Wildman–Crippen MR) is 189 cm³/mol. The van der Waals surface area contributed by atoms with Gasteiger partial charge in [-0.1, -0.05) is 92.8 Å². The van der Waals surface area contributed by atoms with E-state index < -0.39 is 54.0 Å². The standard InChI is InChI=1S/C35H33F2N4O6PS2/c1-34(2,3)29(39-31(43)27-17-23-15-24(13-14-26(23)49-27)35(36,37)48(45,46)47)32(44)41-19-22-12-8-7-11-21(22)16-25(41)30(42)40-33-38-18-28(50-33)20-9-5-4-6-10-20/h4-15,17-18,25,29H,16,19H2,1-3H3,(H,39,43)(H,38,40,42)(H2,45,46,47)/t25-,29+/m0/s1. The molecule has 6 rings (SSSR count). The Balaban J connectivity index is 1.26. The van der Waals surface area contributed by atoms with E-state index in [1.807, 2.05) is 54.6 Å². The second-order valence-corrected chi connectivity index (χ2v) is 16.8. The Kier molecular flexibility index (Phi) is 9.53. The van der Waals surface area contributed by atoms with Gasteiger partial charge in [-0.05, 0) is 45.7 Å². The molecule has 2 aromatic heterocycles. The first-order chi connectivity index (χ1) is 23.5. The molecule has 3 aromatic carbocycles. The second kappa shape index (κ2) is 13.4. The van der Waals surface area contributed by atoms with E-state index in [0.717, 1.165) is 45.0 Å². The van der Waals surface area contributed by atoms with Crippen molar-refractivity contribution < 1.29 is 37.5 Å². The maximum atomic E-state index is 14.5. The number of anilines is 1. The summed E-state index contributed by atoms with van der Waals surface area (Å²) >= 11 is 2.30. The van der Waals surface area contributed by atoms with Gasteiger partial charge in [0.15, 0.2) is 5.13 Å². The summed E-state index contributed by atoms with van der Waals surface area (Å²) in [7, 11) is -5.79. The van der Waals surface area contributed by atoms with Crippen LogP contribution < -0.4 is 10.6 Å². The highest BCUT2D eigenvalue weighted by Gasteiger charge is 2.50. The van der Waals surface area contributed by atoms with Crippen LogP contribution in [0.1, 0.15) is 47.1 Å². The maximum Gasteiger partial charge on any atom is 0.399 e. The van der Waals surface area contributed by atoms with Crippen molar-refractivity contribution in [2.24, 2.45) is 5.41 Å². The molecule has 5 aromatic rings. The van der Waals surface area contributed by atoms with Crippen molar-refractivity contribution in [3.63, 3.8) is 0 Å². The van der Waals surface area contributed by atoms with Crippen molar-refractivity contribution in [2.45, 2.75) is 51.5 Å². The molecule has 0 saturated carbocycles. The summed E-state index contributed by atoms with van der Waals surface area (Å²) in [5, 5.41) is 6.28. The van der Waals surface area contributed by atoms with Gasteiger partial charge >= 0.3 is 13.3 Å². The number of carbonyl (C=O) groups excluding carboxylic acids is 3. The second-order valence-electron chi connectivity index (χ2n) is 13.1. The molecule has 0 unspecified atom stereocenters. The normalized spacial score (nSPS) is 15.7. The van der Waals surface area contributed by atoms with Gasteiger partial charge in [-0.3, -0.25) is 18.9 Å². The fourth-order valence-corrected chi connectivity index (χ4v) is 8.02. The van der Waals surface area contributed by atoms with Crippen LogP contribution in [0.15, 0.2) is 85.1 Å². The number of benzene rings is 3. The van der Waals surface area contributed by atoms with Gasteiger partial charge in [0, 0.05) is 29.4 Å². The molecule has 2 atom stereocenters. The predicted octanol–water partition coefficient (Wildman–Crippen LogP) is 6.99. The van der Waals surface area contributed by atoms with Crippen LogP contribution in [0.3, 0.4) is 0 Å². The average Bonchev–Trinajstić information content (AvgIpc) is 3.72. The molecular weight excluding hydrogens is 706 g/mol. The molecule has 3 heterocycles. The molecule has 1 aliphatic rings.